The number of hydrogen-bond acceptors (Lipinski definition) is 3. The molecule has 26 heavy (non-hydrogen) atoms. The minimum atomic E-state index is 0.531. The number of ether oxygens (including phenoxy) is 2. The fourth-order valence-corrected chi connectivity index (χ4v) is 2.73. The zero-order chi connectivity index (χ0) is 18.2. The highest BCUT2D eigenvalue weighted by atomic mass is 16.5. The summed E-state index contributed by atoms with van der Waals surface area (Å²) in [6.45, 7) is 4.40. The van der Waals surface area contributed by atoms with Crippen molar-refractivity contribution in [1.82, 2.24) is 4.98 Å². The van der Waals surface area contributed by atoms with Gasteiger partial charge in [-0.15, -0.1) is 0 Å². The van der Waals surface area contributed by atoms with Gasteiger partial charge in [0.15, 0.2) is 11.5 Å². The second kappa shape index (κ2) is 9.02. The molecule has 0 spiro atoms. The largest absolute Gasteiger partial charge is 0.493 e. The molecule has 0 bridgehead atoms. The summed E-state index contributed by atoms with van der Waals surface area (Å²) < 4.78 is 11.4. The lowest BCUT2D eigenvalue weighted by Crippen LogP contribution is -2.80. The third kappa shape index (κ3) is 5.07. The van der Waals surface area contributed by atoms with Crippen molar-refractivity contribution in [3.63, 3.8) is 0 Å². The lowest BCUT2D eigenvalue weighted by molar-refractivity contribution is -0.686. The van der Waals surface area contributed by atoms with E-state index in [1.54, 1.807) is 13.3 Å². The van der Waals surface area contributed by atoms with Gasteiger partial charge in [0.05, 0.1) is 7.11 Å². The van der Waals surface area contributed by atoms with Crippen LogP contribution in [0.2, 0.25) is 0 Å². The van der Waals surface area contributed by atoms with Crippen LogP contribution in [-0.4, -0.2) is 12.1 Å². The van der Waals surface area contributed by atoms with Crippen LogP contribution in [0.5, 0.6) is 11.5 Å². The Bertz CT molecular complexity index is 817. The molecule has 0 radical (unpaired) electrons. The van der Waals surface area contributed by atoms with E-state index < -0.39 is 0 Å². The van der Waals surface area contributed by atoms with E-state index >= 15 is 0 Å². The quantitative estimate of drug-likeness (QED) is 0.679. The molecule has 0 aliphatic heterocycles. The first-order valence-electron chi connectivity index (χ1n) is 8.80. The molecule has 0 unspecified atom stereocenters. The van der Waals surface area contributed by atoms with Gasteiger partial charge >= 0.3 is 0 Å². The third-order valence-corrected chi connectivity index (χ3v) is 4.23. The van der Waals surface area contributed by atoms with Crippen LogP contribution in [0.25, 0.3) is 0 Å². The smallest absolute Gasteiger partial charge is 0.161 e. The van der Waals surface area contributed by atoms with Crippen molar-refractivity contribution in [3.05, 3.63) is 89.2 Å². The molecule has 1 aromatic heterocycles. The Balaban J connectivity index is 1.57. The Labute approximate surface area is 154 Å². The number of quaternary nitrogens is 1. The maximum Gasteiger partial charge on any atom is 0.161 e. The van der Waals surface area contributed by atoms with E-state index in [2.05, 4.69) is 53.6 Å². The van der Waals surface area contributed by atoms with Crippen LogP contribution in [0.15, 0.2) is 67.0 Å². The van der Waals surface area contributed by atoms with Crippen LogP contribution in [0.4, 0.5) is 0 Å². The first-order valence-corrected chi connectivity index (χ1v) is 8.80. The molecule has 0 saturated heterocycles. The van der Waals surface area contributed by atoms with E-state index in [1.165, 1.54) is 16.7 Å². The van der Waals surface area contributed by atoms with Gasteiger partial charge in [0.1, 0.15) is 19.7 Å². The van der Waals surface area contributed by atoms with E-state index in [9.17, 15) is 0 Å². The maximum absolute atomic E-state index is 5.94. The van der Waals surface area contributed by atoms with Crippen LogP contribution in [0, 0.1) is 6.92 Å². The normalized spacial score (nSPS) is 10.5. The van der Waals surface area contributed by atoms with Gasteiger partial charge < -0.3 is 14.8 Å². The van der Waals surface area contributed by atoms with E-state index in [-0.39, 0.29) is 0 Å². The van der Waals surface area contributed by atoms with E-state index in [0.29, 0.717) is 6.61 Å². The monoisotopic (exact) mass is 349 g/mol. The molecule has 1 heterocycles. The highest BCUT2D eigenvalue weighted by Gasteiger charge is 2.07. The Morgan fingerprint density at radius 3 is 2.38 bits per heavy atom. The van der Waals surface area contributed by atoms with Crippen molar-refractivity contribution in [2.24, 2.45) is 0 Å². The molecule has 2 N–H and O–H groups in total. The summed E-state index contributed by atoms with van der Waals surface area (Å²) in [5.74, 6) is 1.54. The Kier molecular flexibility index (Phi) is 6.23. The zero-order valence-corrected chi connectivity index (χ0v) is 15.3. The molecule has 3 rings (SSSR count). The minimum Gasteiger partial charge on any atom is -0.493 e. The second-order valence-corrected chi connectivity index (χ2v) is 6.32. The molecule has 3 aromatic rings. The number of benzene rings is 2. The number of rotatable bonds is 8. The zero-order valence-electron chi connectivity index (χ0n) is 15.3. The highest BCUT2D eigenvalue weighted by molar-refractivity contribution is 5.43. The molecule has 4 nitrogen and oxygen atoms in total. The summed E-state index contributed by atoms with van der Waals surface area (Å²) in [5.41, 5.74) is 4.82. The minimum absolute atomic E-state index is 0.531. The second-order valence-electron chi connectivity index (χ2n) is 6.32. The Morgan fingerprint density at radius 1 is 0.885 bits per heavy atom. The number of nitrogens with zero attached hydrogens (tertiary/aromatic N) is 1. The molecule has 0 aliphatic carbocycles. The van der Waals surface area contributed by atoms with Gasteiger partial charge in [0.25, 0.3) is 0 Å². The summed E-state index contributed by atoms with van der Waals surface area (Å²) in [5, 5.41) is 2.25. The average molecular weight is 349 g/mol. The van der Waals surface area contributed by atoms with Crippen molar-refractivity contribution in [1.29, 1.82) is 0 Å². The molecule has 0 fully saturated rings. The standard InChI is InChI=1S/C22H24N2O2/c1-17-5-7-18(8-6-17)16-26-21-10-9-19(12-22(21)25-2)13-24-15-20-4-3-11-23-14-20/h3-12,14,24H,13,15-16H2,1-2H3/p+1. The Hall–Kier alpha value is -2.85. The number of aryl methyl sites for hydroxylation is 1. The van der Waals surface area contributed by atoms with Gasteiger partial charge in [-0.05, 0) is 36.8 Å². The predicted octanol–water partition coefficient (Wildman–Crippen LogP) is 3.24. The molecular formula is C22H25N2O2+. The molecule has 0 atom stereocenters. The molecule has 0 saturated carbocycles. The van der Waals surface area contributed by atoms with E-state index in [0.717, 1.165) is 30.2 Å². The Morgan fingerprint density at radius 2 is 1.65 bits per heavy atom. The number of aromatic nitrogens is 1. The third-order valence-electron chi connectivity index (χ3n) is 4.23. The van der Waals surface area contributed by atoms with Crippen LogP contribution < -0.4 is 14.8 Å². The highest BCUT2D eigenvalue weighted by Crippen LogP contribution is 2.28. The maximum atomic E-state index is 5.94. The van der Waals surface area contributed by atoms with Crippen molar-refractivity contribution in [2.75, 3.05) is 7.11 Å². The summed E-state index contributed by atoms with van der Waals surface area (Å²) in [6.07, 6.45) is 3.70. The number of methoxy groups -OCH3 is 1. The first kappa shape index (κ1) is 18.0. The fraction of sp³-hybridized carbons (Fsp3) is 0.227. The summed E-state index contributed by atoms with van der Waals surface area (Å²) >= 11 is 0. The number of nitrogens with two attached hydrogens (primary N) is 1. The van der Waals surface area contributed by atoms with Crippen LogP contribution in [0.3, 0.4) is 0 Å². The van der Waals surface area contributed by atoms with Crippen molar-refractivity contribution in [2.45, 2.75) is 26.6 Å². The van der Waals surface area contributed by atoms with Gasteiger partial charge in [-0.2, -0.15) is 0 Å². The van der Waals surface area contributed by atoms with E-state index in [4.69, 9.17) is 9.47 Å². The van der Waals surface area contributed by atoms with Crippen LogP contribution >= 0.6 is 0 Å². The van der Waals surface area contributed by atoms with Crippen LogP contribution in [0.1, 0.15) is 22.3 Å². The molecule has 0 amide bonds. The van der Waals surface area contributed by atoms with Gasteiger partial charge in [0.2, 0.25) is 0 Å². The average Bonchev–Trinajstić information content (AvgIpc) is 2.69. The van der Waals surface area contributed by atoms with Gasteiger partial charge in [-0.25, -0.2) is 0 Å². The lowest BCUT2D eigenvalue weighted by atomic mass is 10.1. The van der Waals surface area contributed by atoms with Gasteiger partial charge in [-0.1, -0.05) is 35.9 Å². The molecule has 4 heteroatoms. The number of hydrogen-bond donors (Lipinski definition) is 1. The van der Waals surface area contributed by atoms with E-state index in [1.807, 2.05) is 24.4 Å². The summed E-state index contributed by atoms with van der Waals surface area (Å²) in [4.78, 5) is 4.14. The lowest BCUT2D eigenvalue weighted by Gasteiger charge is -2.12. The molecule has 0 aliphatic rings. The van der Waals surface area contributed by atoms with Crippen LogP contribution in [-0.2, 0) is 19.7 Å². The SMILES string of the molecule is COc1cc(C[NH2+]Cc2cccnc2)ccc1OCc1ccc(C)cc1. The topological polar surface area (TPSA) is 48.0 Å². The molecular weight excluding hydrogens is 324 g/mol. The first-order chi connectivity index (χ1) is 12.7. The fourth-order valence-electron chi connectivity index (χ4n) is 2.73. The van der Waals surface area contributed by atoms with Crippen molar-refractivity contribution >= 4 is 0 Å². The summed E-state index contributed by atoms with van der Waals surface area (Å²) in [6, 6.07) is 18.5. The predicted molar refractivity (Wildman–Crippen MR) is 102 cm³/mol. The molecule has 134 valence electrons. The van der Waals surface area contributed by atoms with Gasteiger partial charge in [0, 0.05) is 23.5 Å². The summed E-state index contributed by atoms with van der Waals surface area (Å²) in [7, 11) is 1.68. The number of pyridine rings is 1. The molecule has 2 aromatic carbocycles. The van der Waals surface area contributed by atoms with Crippen molar-refractivity contribution < 1.29 is 14.8 Å². The van der Waals surface area contributed by atoms with Gasteiger partial charge in [-0.3, -0.25) is 4.98 Å². The van der Waals surface area contributed by atoms with Crippen molar-refractivity contribution in [3.8, 4) is 11.5 Å².